The van der Waals surface area contributed by atoms with E-state index in [4.69, 9.17) is 4.74 Å². The van der Waals surface area contributed by atoms with E-state index in [0.29, 0.717) is 12.2 Å². The van der Waals surface area contributed by atoms with Crippen molar-refractivity contribution in [3.8, 4) is 5.75 Å². The van der Waals surface area contributed by atoms with Gasteiger partial charge in [0.05, 0.1) is 6.10 Å². The molecule has 92 valence electrons. The fraction of sp³-hybridized carbons (Fsp3) is 0.571. The minimum atomic E-state index is -0.534. The Balaban J connectivity index is 1.98. The van der Waals surface area contributed by atoms with Crippen LogP contribution in [0, 0.1) is 5.82 Å². The standard InChI is InChI=1S/C14H17FO2/c15-11-6-4-5-10-9-12(16)14(17-13(10)11)7-2-1-3-8-14/h4-6,12,16H,1-3,7-9H2. The van der Waals surface area contributed by atoms with Crippen molar-refractivity contribution in [1.29, 1.82) is 0 Å². The van der Waals surface area contributed by atoms with Gasteiger partial charge in [-0.3, -0.25) is 0 Å². The molecule has 1 aliphatic heterocycles. The second-order valence-electron chi connectivity index (χ2n) is 5.18. The molecule has 0 bridgehead atoms. The van der Waals surface area contributed by atoms with Crippen molar-refractivity contribution in [1.82, 2.24) is 0 Å². The highest BCUT2D eigenvalue weighted by atomic mass is 19.1. The van der Waals surface area contributed by atoms with Gasteiger partial charge in [0, 0.05) is 6.42 Å². The van der Waals surface area contributed by atoms with Crippen molar-refractivity contribution >= 4 is 0 Å². The summed E-state index contributed by atoms with van der Waals surface area (Å²) in [6.45, 7) is 0. The number of hydrogen-bond donors (Lipinski definition) is 1. The molecule has 1 aliphatic carbocycles. The van der Waals surface area contributed by atoms with Gasteiger partial charge in [-0.2, -0.15) is 0 Å². The molecule has 1 aromatic carbocycles. The number of halogens is 1. The lowest BCUT2D eigenvalue weighted by Crippen LogP contribution is -2.52. The van der Waals surface area contributed by atoms with Gasteiger partial charge in [0.1, 0.15) is 5.60 Å². The zero-order valence-electron chi connectivity index (χ0n) is 9.79. The summed E-state index contributed by atoms with van der Waals surface area (Å²) in [5, 5.41) is 10.3. The molecule has 0 saturated heterocycles. The van der Waals surface area contributed by atoms with Crippen molar-refractivity contribution in [2.75, 3.05) is 0 Å². The maximum Gasteiger partial charge on any atom is 0.165 e. The van der Waals surface area contributed by atoms with Crippen LogP contribution in [-0.2, 0) is 6.42 Å². The van der Waals surface area contributed by atoms with Gasteiger partial charge in [-0.05, 0) is 37.3 Å². The summed E-state index contributed by atoms with van der Waals surface area (Å²) in [4.78, 5) is 0. The van der Waals surface area contributed by atoms with E-state index in [2.05, 4.69) is 0 Å². The molecule has 0 radical (unpaired) electrons. The first-order valence-electron chi connectivity index (χ1n) is 6.36. The van der Waals surface area contributed by atoms with Crippen LogP contribution in [0.3, 0.4) is 0 Å². The van der Waals surface area contributed by atoms with Crippen LogP contribution in [0.1, 0.15) is 37.7 Å². The predicted octanol–water partition coefficient (Wildman–Crippen LogP) is 2.82. The average molecular weight is 236 g/mol. The number of benzene rings is 1. The molecule has 3 rings (SSSR count). The second-order valence-corrected chi connectivity index (χ2v) is 5.18. The summed E-state index contributed by atoms with van der Waals surface area (Å²) < 4.78 is 19.6. The number of aliphatic hydroxyl groups excluding tert-OH is 1. The summed E-state index contributed by atoms with van der Waals surface area (Å²) in [6.07, 6.45) is 4.97. The molecular formula is C14H17FO2. The molecule has 1 saturated carbocycles. The van der Waals surface area contributed by atoms with Crippen LogP contribution in [0.4, 0.5) is 4.39 Å². The Morgan fingerprint density at radius 3 is 2.76 bits per heavy atom. The van der Waals surface area contributed by atoms with Gasteiger partial charge in [-0.15, -0.1) is 0 Å². The van der Waals surface area contributed by atoms with E-state index >= 15 is 0 Å². The smallest absolute Gasteiger partial charge is 0.165 e. The lowest BCUT2D eigenvalue weighted by Gasteiger charge is -2.44. The van der Waals surface area contributed by atoms with Gasteiger partial charge < -0.3 is 9.84 Å². The monoisotopic (exact) mass is 236 g/mol. The molecule has 1 aromatic rings. The number of fused-ring (bicyclic) bond motifs is 1. The molecule has 1 atom stereocenters. The highest BCUT2D eigenvalue weighted by Gasteiger charge is 2.45. The summed E-state index contributed by atoms with van der Waals surface area (Å²) in [5.74, 6) is 0.0547. The van der Waals surface area contributed by atoms with Gasteiger partial charge in [-0.1, -0.05) is 18.6 Å². The van der Waals surface area contributed by atoms with Crippen molar-refractivity contribution in [3.05, 3.63) is 29.6 Å². The number of hydrogen-bond acceptors (Lipinski definition) is 2. The Bertz CT molecular complexity index is 424. The zero-order chi connectivity index (χ0) is 11.9. The highest BCUT2D eigenvalue weighted by molar-refractivity contribution is 5.38. The Kier molecular flexibility index (Phi) is 2.58. The van der Waals surface area contributed by atoms with Gasteiger partial charge in [0.2, 0.25) is 0 Å². The van der Waals surface area contributed by atoms with Crippen molar-refractivity contribution in [2.24, 2.45) is 0 Å². The molecule has 1 spiro atoms. The van der Waals surface area contributed by atoms with Crippen LogP contribution in [0.15, 0.2) is 18.2 Å². The fourth-order valence-electron chi connectivity index (χ4n) is 3.08. The van der Waals surface area contributed by atoms with Gasteiger partial charge in [-0.25, -0.2) is 4.39 Å². The van der Waals surface area contributed by atoms with Gasteiger partial charge in [0.25, 0.3) is 0 Å². The topological polar surface area (TPSA) is 29.5 Å². The third kappa shape index (κ3) is 1.73. The molecule has 17 heavy (non-hydrogen) atoms. The molecule has 0 amide bonds. The third-order valence-corrected chi connectivity index (χ3v) is 4.07. The maximum absolute atomic E-state index is 13.7. The third-order valence-electron chi connectivity index (χ3n) is 4.07. The van der Waals surface area contributed by atoms with E-state index in [-0.39, 0.29) is 5.82 Å². The summed E-state index contributed by atoms with van der Waals surface area (Å²) in [5.41, 5.74) is 0.252. The van der Waals surface area contributed by atoms with Gasteiger partial charge in [0.15, 0.2) is 11.6 Å². The quantitative estimate of drug-likeness (QED) is 0.750. The molecule has 2 aliphatic rings. The Morgan fingerprint density at radius 2 is 2.00 bits per heavy atom. The average Bonchev–Trinajstić information content (AvgIpc) is 2.34. The van der Waals surface area contributed by atoms with E-state index in [1.165, 1.54) is 12.5 Å². The molecule has 3 heteroatoms. The zero-order valence-corrected chi connectivity index (χ0v) is 9.79. The lowest BCUT2D eigenvalue weighted by atomic mass is 9.77. The first kappa shape index (κ1) is 11.0. The predicted molar refractivity (Wildman–Crippen MR) is 62.6 cm³/mol. The molecule has 2 nitrogen and oxygen atoms in total. The molecular weight excluding hydrogens is 219 g/mol. The first-order valence-corrected chi connectivity index (χ1v) is 6.36. The summed E-state index contributed by atoms with van der Waals surface area (Å²) in [7, 11) is 0. The SMILES string of the molecule is OC1Cc2cccc(F)c2OC12CCCCC2. The van der Waals surface area contributed by atoms with E-state index in [9.17, 15) is 9.50 Å². The molecule has 1 fully saturated rings. The van der Waals surface area contributed by atoms with Crippen LogP contribution in [-0.4, -0.2) is 16.8 Å². The van der Waals surface area contributed by atoms with Crippen molar-refractivity contribution in [2.45, 2.75) is 50.2 Å². The van der Waals surface area contributed by atoms with E-state index in [0.717, 1.165) is 31.2 Å². The number of rotatable bonds is 0. The molecule has 0 aromatic heterocycles. The number of ether oxygens (including phenoxy) is 1. The minimum absolute atomic E-state index is 0.306. The van der Waals surface area contributed by atoms with Gasteiger partial charge >= 0.3 is 0 Å². The largest absolute Gasteiger partial charge is 0.481 e. The number of para-hydroxylation sites is 1. The van der Waals surface area contributed by atoms with Crippen LogP contribution < -0.4 is 4.74 Å². The fourth-order valence-corrected chi connectivity index (χ4v) is 3.08. The van der Waals surface area contributed by atoms with E-state index < -0.39 is 11.7 Å². The minimum Gasteiger partial charge on any atom is -0.481 e. The van der Waals surface area contributed by atoms with E-state index in [1.807, 2.05) is 6.07 Å². The van der Waals surface area contributed by atoms with Crippen molar-refractivity contribution in [3.63, 3.8) is 0 Å². The Morgan fingerprint density at radius 1 is 1.24 bits per heavy atom. The number of aliphatic hydroxyl groups is 1. The normalized spacial score (nSPS) is 26.4. The Hall–Kier alpha value is -1.09. The van der Waals surface area contributed by atoms with Crippen molar-refractivity contribution < 1.29 is 14.2 Å². The van der Waals surface area contributed by atoms with E-state index in [1.54, 1.807) is 6.07 Å². The maximum atomic E-state index is 13.7. The molecule has 1 N–H and O–H groups in total. The summed E-state index contributed by atoms with van der Waals surface area (Å²) >= 11 is 0. The highest BCUT2D eigenvalue weighted by Crippen LogP contribution is 2.42. The molecule has 1 unspecified atom stereocenters. The first-order chi connectivity index (χ1) is 8.21. The van der Waals surface area contributed by atoms with Crippen LogP contribution >= 0.6 is 0 Å². The second kappa shape index (κ2) is 3.98. The summed E-state index contributed by atoms with van der Waals surface area (Å²) in [6, 6.07) is 4.92. The van der Waals surface area contributed by atoms with Crippen LogP contribution in [0.2, 0.25) is 0 Å². The van der Waals surface area contributed by atoms with Crippen LogP contribution in [0.25, 0.3) is 0 Å². The lowest BCUT2D eigenvalue weighted by molar-refractivity contribution is -0.0902. The Labute approximate surface area is 100 Å². The van der Waals surface area contributed by atoms with Crippen LogP contribution in [0.5, 0.6) is 5.75 Å². The molecule has 1 heterocycles.